The van der Waals surface area contributed by atoms with Crippen LogP contribution in [0.15, 0.2) is 54.7 Å². The van der Waals surface area contributed by atoms with Crippen molar-refractivity contribution in [1.29, 1.82) is 0 Å². The van der Waals surface area contributed by atoms with Crippen molar-refractivity contribution in [3.05, 3.63) is 66.1 Å². The highest BCUT2D eigenvalue weighted by molar-refractivity contribution is 5.90. The maximum Gasteiger partial charge on any atom is 0.414 e. The molecule has 2 atom stereocenters. The Morgan fingerprint density at radius 1 is 1.27 bits per heavy atom. The van der Waals surface area contributed by atoms with Gasteiger partial charge in [-0.05, 0) is 42.4 Å². The van der Waals surface area contributed by atoms with Crippen LogP contribution in [0.1, 0.15) is 19.4 Å². The van der Waals surface area contributed by atoms with E-state index in [0.717, 1.165) is 11.1 Å². The first-order chi connectivity index (χ1) is 15.9. The molecular weight excluding hydrogens is 427 g/mol. The van der Waals surface area contributed by atoms with Gasteiger partial charge < -0.3 is 21.1 Å². The highest BCUT2D eigenvalue weighted by Crippen LogP contribution is 2.29. The second-order valence-electron chi connectivity index (χ2n) is 7.47. The molecule has 0 aliphatic carbocycles. The van der Waals surface area contributed by atoms with Gasteiger partial charge in [-0.2, -0.15) is 0 Å². The minimum atomic E-state index is -0.557. The number of benzene rings is 2. The molecule has 9 nitrogen and oxygen atoms in total. The van der Waals surface area contributed by atoms with Gasteiger partial charge in [-0.25, -0.2) is 9.18 Å². The number of carbonyl (C=O) groups excluding carboxylic acids is 2. The fourth-order valence-corrected chi connectivity index (χ4v) is 3.32. The Labute approximate surface area is 192 Å². The minimum Gasteiger partial charge on any atom is -0.442 e. The largest absolute Gasteiger partial charge is 0.442 e. The van der Waals surface area contributed by atoms with Crippen LogP contribution in [0, 0.1) is 5.82 Å². The molecule has 2 unspecified atom stereocenters. The number of cyclic esters (lactones) is 1. The molecule has 3 rings (SSSR count). The van der Waals surface area contributed by atoms with E-state index in [0.29, 0.717) is 17.8 Å². The summed E-state index contributed by atoms with van der Waals surface area (Å²) in [4.78, 5) is 24.5. The number of nitrogens with zero attached hydrogens (tertiary/aromatic N) is 1. The maximum atomic E-state index is 14.8. The molecule has 1 fully saturated rings. The molecule has 178 valence electrons. The zero-order valence-corrected chi connectivity index (χ0v) is 18.8. The van der Waals surface area contributed by atoms with Gasteiger partial charge in [0.05, 0.1) is 18.8 Å². The van der Waals surface area contributed by atoms with Crippen LogP contribution in [0.2, 0.25) is 0 Å². The molecule has 33 heavy (non-hydrogen) atoms. The van der Waals surface area contributed by atoms with E-state index in [1.807, 2.05) is 37.3 Å². The smallest absolute Gasteiger partial charge is 0.414 e. The van der Waals surface area contributed by atoms with E-state index in [1.54, 1.807) is 12.1 Å². The summed E-state index contributed by atoms with van der Waals surface area (Å²) in [5.41, 5.74) is 8.07. The normalized spacial score (nSPS) is 16.2. The van der Waals surface area contributed by atoms with E-state index in [-0.39, 0.29) is 25.0 Å². The molecule has 1 heterocycles. The Morgan fingerprint density at radius 3 is 2.58 bits per heavy atom. The van der Waals surface area contributed by atoms with E-state index < -0.39 is 18.0 Å². The molecule has 10 heteroatoms. The molecule has 0 saturated carbocycles. The molecule has 0 aromatic heterocycles. The number of nitrogens with two attached hydrogens (primary N) is 3. The Bertz CT molecular complexity index is 967. The summed E-state index contributed by atoms with van der Waals surface area (Å²) in [6.45, 7) is 4.54. The van der Waals surface area contributed by atoms with Crippen LogP contribution >= 0.6 is 0 Å². The number of halogens is 1. The van der Waals surface area contributed by atoms with Gasteiger partial charge in [0.15, 0.2) is 0 Å². The Kier molecular flexibility index (Phi) is 9.80. The number of rotatable bonds is 8. The average Bonchev–Trinajstić information content (AvgIpc) is 3.19. The first-order valence-corrected chi connectivity index (χ1v) is 10.4. The predicted octanol–water partition coefficient (Wildman–Crippen LogP) is 1.72. The van der Waals surface area contributed by atoms with Crippen molar-refractivity contribution >= 4 is 17.7 Å². The fraction of sp³-hybridized carbons (Fsp3) is 0.304. The van der Waals surface area contributed by atoms with Gasteiger partial charge in [-0.1, -0.05) is 30.3 Å². The second-order valence-corrected chi connectivity index (χ2v) is 7.47. The van der Waals surface area contributed by atoms with Crippen LogP contribution in [-0.4, -0.2) is 37.2 Å². The lowest BCUT2D eigenvalue weighted by molar-refractivity contribution is -0.119. The summed E-state index contributed by atoms with van der Waals surface area (Å²) < 4.78 is 20.1. The van der Waals surface area contributed by atoms with Crippen molar-refractivity contribution in [3.8, 4) is 11.1 Å². The Morgan fingerprint density at radius 2 is 1.97 bits per heavy atom. The monoisotopic (exact) mass is 458 g/mol. The van der Waals surface area contributed by atoms with Crippen LogP contribution in [0.3, 0.4) is 0 Å². The van der Waals surface area contributed by atoms with E-state index in [4.69, 9.17) is 10.5 Å². The molecule has 1 saturated heterocycles. The highest BCUT2D eigenvalue weighted by atomic mass is 19.1. The van der Waals surface area contributed by atoms with Gasteiger partial charge in [0.2, 0.25) is 5.91 Å². The second kappa shape index (κ2) is 12.5. The van der Waals surface area contributed by atoms with Crippen LogP contribution in [0.25, 0.3) is 11.1 Å². The molecule has 2 aromatic carbocycles. The van der Waals surface area contributed by atoms with Crippen molar-refractivity contribution in [1.82, 2.24) is 10.6 Å². The van der Waals surface area contributed by atoms with Gasteiger partial charge >= 0.3 is 6.09 Å². The number of nitrogens with one attached hydrogen (secondary N) is 2. The zero-order valence-electron chi connectivity index (χ0n) is 18.8. The standard InChI is InChI=1S/C23H27FN4O3.H4N2/c1-15(9-10-25)26-12-17-3-5-18(6-4-17)21-8-7-19(11-22(21)24)28-14-20(31-23(28)30)13-27-16(2)29;1-2/h3-11,15,20,26H,12-14,25H2,1-2H3,(H,27,29);1-2H2/b10-9+;. The zero-order chi connectivity index (χ0) is 24.4. The topological polar surface area (TPSA) is 149 Å². The highest BCUT2D eigenvalue weighted by Gasteiger charge is 2.32. The maximum absolute atomic E-state index is 14.8. The predicted molar refractivity (Wildman–Crippen MR) is 126 cm³/mol. The minimum absolute atomic E-state index is 0.157. The molecule has 1 aliphatic heterocycles. The summed E-state index contributed by atoms with van der Waals surface area (Å²) in [5.74, 6) is 7.37. The van der Waals surface area contributed by atoms with Crippen molar-refractivity contribution < 1.29 is 18.7 Å². The number of ether oxygens (including phenoxy) is 1. The molecule has 0 bridgehead atoms. The van der Waals surface area contributed by atoms with E-state index in [2.05, 4.69) is 22.3 Å². The van der Waals surface area contributed by atoms with E-state index in [9.17, 15) is 14.0 Å². The van der Waals surface area contributed by atoms with Crippen LogP contribution in [0.5, 0.6) is 0 Å². The third-order valence-electron chi connectivity index (χ3n) is 5.01. The van der Waals surface area contributed by atoms with E-state index >= 15 is 0 Å². The Balaban J connectivity index is 0.00000187. The van der Waals surface area contributed by atoms with Crippen molar-refractivity contribution in [3.63, 3.8) is 0 Å². The number of anilines is 1. The number of amides is 2. The fourth-order valence-electron chi connectivity index (χ4n) is 3.32. The lowest BCUT2D eigenvalue weighted by Gasteiger charge is -2.15. The van der Waals surface area contributed by atoms with Crippen molar-refractivity contribution in [2.75, 3.05) is 18.0 Å². The van der Waals surface area contributed by atoms with Crippen molar-refractivity contribution in [2.45, 2.75) is 32.5 Å². The summed E-state index contributed by atoms with van der Waals surface area (Å²) in [7, 11) is 0. The van der Waals surface area contributed by atoms with Crippen LogP contribution < -0.4 is 33.0 Å². The summed E-state index contributed by atoms with van der Waals surface area (Å²) in [6.07, 6.45) is 2.35. The molecule has 0 spiro atoms. The summed E-state index contributed by atoms with van der Waals surface area (Å²) >= 11 is 0. The summed E-state index contributed by atoms with van der Waals surface area (Å²) in [6, 6.07) is 12.5. The molecule has 2 aromatic rings. The van der Waals surface area contributed by atoms with Gasteiger partial charge in [0.25, 0.3) is 0 Å². The van der Waals surface area contributed by atoms with Gasteiger partial charge in [-0.15, -0.1) is 0 Å². The molecule has 0 radical (unpaired) electrons. The third kappa shape index (κ3) is 7.28. The van der Waals surface area contributed by atoms with E-state index in [1.165, 1.54) is 24.1 Å². The van der Waals surface area contributed by atoms with Crippen LogP contribution in [-0.2, 0) is 16.1 Å². The number of carbonyl (C=O) groups is 2. The number of hydrogen-bond acceptors (Lipinski definition) is 7. The lowest BCUT2D eigenvalue weighted by atomic mass is 10.0. The molecular formula is C23H31FN6O3. The Hall–Kier alpha value is -3.47. The molecule has 2 amide bonds. The lowest BCUT2D eigenvalue weighted by Crippen LogP contribution is -2.33. The van der Waals surface area contributed by atoms with Gasteiger partial charge in [0.1, 0.15) is 11.9 Å². The quantitative estimate of drug-likeness (QED) is 0.299. The average molecular weight is 459 g/mol. The third-order valence-corrected chi connectivity index (χ3v) is 5.01. The molecule has 8 N–H and O–H groups in total. The number of hydrogen-bond donors (Lipinski definition) is 5. The van der Waals surface area contributed by atoms with Crippen molar-refractivity contribution in [2.24, 2.45) is 17.4 Å². The first kappa shape index (κ1) is 25.8. The number of hydrazine groups is 1. The van der Waals surface area contributed by atoms with Crippen LogP contribution in [0.4, 0.5) is 14.9 Å². The van der Waals surface area contributed by atoms with Gasteiger partial charge in [-0.3, -0.25) is 21.4 Å². The molecule has 1 aliphatic rings. The SMILES string of the molecule is CC(=O)NCC1CN(c2ccc(-c3ccc(CNC(C)/C=C/N)cc3)c(F)c2)C(=O)O1.NN. The van der Waals surface area contributed by atoms with Gasteiger partial charge in [0, 0.05) is 25.1 Å². The summed E-state index contributed by atoms with van der Waals surface area (Å²) in [5, 5.41) is 5.94. The first-order valence-electron chi connectivity index (χ1n) is 10.4.